The fraction of sp³-hybridized carbons (Fsp3) is 0.406. The number of hydrogen-bond donors (Lipinski definition) is 0. The van der Waals surface area contributed by atoms with Crippen molar-refractivity contribution in [2.45, 2.75) is 45.3 Å². The Morgan fingerprint density at radius 1 is 0.722 bits per heavy atom. The van der Waals surface area contributed by atoms with Gasteiger partial charge in [0.15, 0.2) is 0 Å². The highest BCUT2D eigenvalue weighted by molar-refractivity contribution is 5.79. The molecule has 3 aromatic rings. The summed E-state index contributed by atoms with van der Waals surface area (Å²) >= 11 is 0. The van der Waals surface area contributed by atoms with E-state index in [2.05, 4.69) is 70.5 Å². The molecule has 2 saturated heterocycles. The third-order valence-electron chi connectivity index (χ3n) is 7.78. The lowest BCUT2D eigenvalue weighted by Crippen LogP contribution is -2.45. The van der Waals surface area contributed by atoms with Crippen LogP contribution in [0.5, 0.6) is 5.75 Å². The number of piperidine rings is 2. The van der Waals surface area contributed by atoms with Crippen molar-refractivity contribution in [3.8, 4) is 5.75 Å². The number of carbonyl (C=O) groups is 1. The van der Waals surface area contributed by atoms with Gasteiger partial charge in [-0.2, -0.15) is 0 Å². The van der Waals surface area contributed by atoms with E-state index >= 15 is 0 Å². The van der Waals surface area contributed by atoms with Crippen LogP contribution >= 0.6 is 0 Å². The smallest absolute Gasteiger partial charge is 0.225 e. The van der Waals surface area contributed by atoms with Crippen LogP contribution in [0.2, 0.25) is 0 Å². The van der Waals surface area contributed by atoms with Crippen molar-refractivity contribution < 1.29 is 9.53 Å². The summed E-state index contributed by atoms with van der Waals surface area (Å²) in [6, 6.07) is 29.5. The molecule has 0 aliphatic carbocycles. The molecule has 4 nitrogen and oxygen atoms in total. The van der Waals surface area contributed by atoms with Crippen LogP contribution in [0.3, 0.4) is 0 Å². The Morgan fingerprint density at radius 3 is 2.06 bits per heavy atom. The zero-order valence-corrected chi connectivity index (χ0v) is 21.2. The van der Waals surface area contributed by atoms with Gasteiger partial charge < -0.3 is 9.64 Å². The Morgan fingerprint density at radius 2 is 1.36 bits per heavy atom. The van der Waals surface area contributed by atoms with Gasteiger partial charge in [-0.05, 0) is 79.9 Å². The van der Waals surface area contributed by atoms with E-state index in [4.69, 9.17) is 4.74 Å². The monoisotopic (exact) mass is 482 g/mol. The minimum absolute atomic E-state index is 0.187. The molecule has 0 N–H and O–H groups in total. The zero-order chi connectivity index (χ0) is 24.6. The molecule has 0 unspecified atom stereocenters. The highest BCUT2D eigenvalue weighted by atomic mass is 16.5. The summed E-state index contributed by atoms with van der Waals surface area (Å²) in [6.45, 7) is 5.31. The van der Waals surface area contributed by atoms with Gasteiger partial charge in [0.25, 0.3) is 0 Å². The third-order valence-corrected chi connectivity index (χ3v) is 7.78. The minimum atomic E-state index is 0.187. The van der Waals surface area contributed by atoms with E-state index < -0.39 is 0 Å². The molecule has 2 aliphatic rings. The van der Waals surface area contributed by atoms with E-state index in [9.17, 15) is 4.79 Å². The molecule has 2 aliphatic heterocycles. The standard InChI is InChI=1S/C32H38N2O2/c35-32(34-20-14-27(15-21-34)22-26-8-3-1-4-9-26)30-16-18-33(19-17-30)24-29-12-7-13-31(23-29)36-25-28-10-5-2-6-11-28/h1-13,23,27,30H,14-22,24-25H2. The zero-order valence-electron chi connectivity index (χ0n) is 21.2. The van der Waals surface area contributed by atoms with E-state index in [0.29, 0.717) is 18.4 Å². The van der Waals surface area contributed by atoms with E-state index in [0.717, 1.165) is 70.6 Å². The van der Waals surface area contributed by atoms with E-state index in [1.165, 1.54) is 16.7 Å². The van der Waals surface area contributed by atoms with Gasteiger partial charge in [-0.25, -0.2) is 0 Å². The molecular formula is C32H38N2O2. The number of nitrogens with zero attached hydrogens (tertiary/aromatic N) is 2. The van der Waals surface area contributed by atoms with Crippen LogP contribution < -0.4 is 4.74 Å². The number of amides is 1. The molecule has 0 aromatic heterocycles. The number of carbonyl (C=O) groups excluding carboxylic acids is 1. The summed E-state index contributed by atoms with van der Waals surface area (Å²) in [6.07, 6.45) is 5.32. The Balaban J connectivity index is 1.04. The molecule has 0 radical (unpaired) electrons. The van der Waals surface area contributed by atoms with Crippen molar-refractivity contribution in [2.24, 2.45) is 11.8 Å². The maximum atomic E-state index is 13.2. The maximum Gasteiger partial charge on any atom is 0.225 e. The summed E-state index contributed by atoms with van der Waals surface area (Å²) in [4.78, 5) is 17.8. The Bertz CT molecular complexity index is 1090. The van der Waals surface area contributed by atoms with Crippen molar-refractivity contribution in [1.29, 1.82) is 0 Å². The van der Waals surface area contributed by atoms with E-state index in [-0.39, 0.29) is 5.92 Å². The van der Waals surface area contributed by atoms with Crippen LogP contribution in [0.25, 0.3) is 0 Å². The van der Waals surface area contributed by atoms with Gasteiger partial charge >= 0.3 is 0 Å². The molecule has 188 valence electrons. The first-order chi connectivity index (χ1) is 17.7. The van der Waals surface area contributed by atoms with Crippen molar-refractivity contribution in [2.75, 3.05) is 26.2 Å². The Labute approximate surface area is 215 Å². The lowest BCUT2D eigenvalue weighted by molar-refractivity contribution is -0.138. The van der Waals surface area contributed by atoms with Crippen LogP contribution in [0.4, 0.5) is 0 Å². The van der Waals surface area contributed by atoms with E-state index in [1.54, 1.807) is 0 Å². The van der Waals surface area contributed by atoms with Crippen molar-refractivity contribution in [3.63, 3.8) is 0 Å². The average molecular weight is 483 g/mol. The van der Waals surface area contributed by atoms with Gasteiger partial charge in [-0.1, -0.05) is 72.8 Å². The van der Waals surface area contributed by atoms with Gasteiger partial charge in [0.2, 0.25) is 5.91 Å². The summed E-state index contributed by atoms with van der Waals surface area (Å²) in [5, 5.41) is 0. The third kappa shape index (κ3) is 6.76. The quantitative estimate of drug-likeness (QED) is 0.397. The molecular weight excluding hydrogens is 444 g/mol. The van der Waals surface area contributed by atoms with Crippen LogP contribution in [0, 0.1) is 11.8 Å². The van der Waals surface area contributed by atoms with E-state index in [1.807, 2.05) is 24.3 Å². The molecule has 1 amide bonds. The molecule has 4 heteroatoms. The van der Waals surface area contributed by atoms with Crippen molar-refractivity contribution >= 4 is 5.91 Å². The second-order valence-corrected chi connectivity index (χ2v) is 10.4. The predicted octanol–water partition coefficient (Wildman–Crippen LogP) is 5.96. The second kappa shape index (κ2) is 12.2. The largest absolute Gasteiger partial charge is 0.489 e. The first-order valence-corrected chi connectivity index (χ1v) is 13.5. The molecule has 2 heterocycles. The molecule has 36 heavy (non-hydrogen) atoms. The van der Waals surface area contributed by atoms with Crippen molar-refractivity contribution in [3.05, 3.63) is 102 Å². The molecule has 3 aromatic carbocycles. The number of hydrogen-bond acceptors (Lipinski definition) is 3. The highest BCUT2D eigenvalue weighted by Gasteiger charge is 2.31. The summed E-state index contributed by atoms with van der Waals surface area (Å²) < 4.78 is 6.01. The van der Waals surface area contributed by atoms with Gasteiger partial charge in [0.1, 0.15) is 12.4 Å². The first-order valence-electron chi connectivity index (χ1n) is 13.5. The van der Waals surface area contributed by atoms with Crippen molar-refractivity contribution in [1.82, 2.24) is 9.80 Å². The lowest BCUT2D eigenvalue weighted by atomic mass is 9.88. The molecule has 0 atom stereocenters. The fourth-order valence-electron chi connectivity index (χ4n) is 5.63. The molecule has 0 spiro atoms. The topological polar surface area (TPSA) is 32.8 Å². The fourth-order valence-corrected chi connectivity index (χ4v) is 5.63. The maximum absolute atomic E-state index is 13.2. The Kier molecular flexibility index (Phi) is 8.35. The summed E-state index contributed by atoms with van der Waals surface area (Å²) in [5.74, 6) is 2.19. The van der Waals surface area contributed by atoms with Crippen LogP contribution in [0.1, 0.15) is 42.4 Å². The van der Waals surface area contributed by atoms with Crippen LogP contribution in [-0.4, -0.2) is 41.9 Å². The van der Waals surface area contributed by atoms with Gasteiger partial charge in [-0.3, -0.25) is 9.69 Å². The van der Waals surface area contributed by atoms with Gasteiger partial charge in [0.05, 0.1) is 0 Å². The number of likely N-dealkylation sites (tertiary alicyclic amines) is 2. The molecule has 5 rings (SSSR count). The Hall–Kier alpha value is -3.11. The summed E-state index contributed by atoms with van der Waals surface area (Å²) in [5.41, 5.74) is 3.86. The molecule has 2 fully saturated rings. The van der Waals surface area contributed by atoms with Gasteiger partial charge in [0, 0.05) is 25.6 Å². The minimum Gasteiger partial charge on any atom is -0.489 e. The second-order valence-electron chi connectivity index (χ2n) is 10.4. The molecule has 0 saturated carbocycles. The van der Waals surface area contributed by atoms with Crippen LogP contribution in [-0.2, 0) is 24.4 Å². The number of benzene rings is 3. The lowest BCUT2D eigenvalue weighted by Gasteiger charge is -2.37. The molecule has 0 bridgehead atoms. The number of rotatable bonds is 8. The highest BCUT2D eigenvalue weighted by Crippen LogP contribution is 2.27. The first kappa shape index (κ1) is 24.6. The number of ether oxygens (including phenoxy) is 1. The summed E-state index contributed by atoms with van der Waals surface area (Å²) in [7, 11) is 0. The normalized spacial score (nSPS) is 17.7. The SMILES string of the molecule is O=C(C1CCN(Cc2cccc(OCc3ccccc3)c2)CC1)N1CCC(Cc2ccccc2)CC1. The predicted molar refractivity (Wildman–Crippen MR) is 145 cm³/mol. The van der Waals surface area contributed by atoms with Crippen LogP contribution in [0.15, 0.2) is 84.9 Å². The van der Waals surface area contributed by atoms with Gasteiger partial charge in [-0.15, -0.1) is 0 Å². The average Bonchev–Trinajstić information content (AvgIpc) is 2.94.